The molecular weight excluding hydrogens is 325 g/mol. The van der Waals surface area contributed by atoms with E-state index in [1.807, 2.05) is 0 Å². The number of esters is 1. The van der Waals surface area contributed by atoms with Crippen LogP contribution in [0.4, 0.5) is 13.2 Å². The number of halogens is 3. The minimum atomic E-state index is -4.76. The van der Waals surface area contributed by atoms with Gasteiger partial charge in [-0.15, -0.1) is 13.2 Å². The molecule has 0 aliphatic heterocycles. The lowest BCUT2D eigenvalue weighted by atomic mass is 9.75. The molecule has 0 spiro atoms. The maximum absolute atomic E-state index is 12.4. The van der Waals surface area contributed by atoms with Crippen molar-refractivity contribution in [3.8, 4) is 11.5 Å². The molecule has 2 unspecified atom stereocenters. The molecule has 1 aliphatic rings. The maximum Gasteiger partial charge on any atom is 0.573 e. The second-order valence-electron chi connectivity index (χ2n) is 5.70. The molecule has 1 aromatic carbocycles. The number of ether oxygens (including phenoxy) is 3. The minimum Gasteiger partial charge on any atom is -0.496 e. The summed E-state index contributed by atoms with van der Waals surface area (Å²) in [6, 6.07) is 4.00. The minimum absolute atomic E-state index is 0.132. The molecular formula is C17H21F3O4. The van der Waals surface area contributed by atoms with Crippen LogP contribution in [0.25, 0.3) is 0 Å². The predicted octanol–water partition coefficient (Wildman–Crippen LogP) is 4.43. The van der Waals surface area contributed by atoms with E-state index in [4.69, 9.17) is 9.47 Å². The van der Waals surface area contributed by atoms with E-state index < -0.39 is 6.36 Å². The molecule has 2 atom stereocenters. The molecule has 0 radical (unpaired) electrons. The van der Waals surface area contributed by atoms with E-state index in [1.54, 1.807) is 13.0 Å². The summed E-state index contributed by atoms with van der Waals surface area (Å²) in [6.07, 6.45) is -1.42. The number of methoxy groups -OCH3 is 1. The summed E-state index contributed by atoms with van der Waals surface area (Å²) < 4.78 is 51.4. The summed E-state index contributed by atoms with van der Waals surface area (Å²) in [5.74, 6) is -0.751. The summed E-state index contributed by atoms with van der Waals surface area (Å²) in [7, 11) is 1.39. The second-order valence-corrected chi connectivity index (χ2v) is 5.70. The van der Waals surface area contributed by atoms with Gasteiger partial charge in [-0.3, -0.25) is 4.79 Å². The van der Waals surface area contributed by atoms with Crippen LogP contribution in [0.1, 0.15) is 44.1 Å². The monoisotopic (exact) mass is 346 g/mol. The standard InChI is InChI=1S/C17H21F3O4/c1-3-23-16(21)14-7-5-4-6-12(14)13-9-8-11(10-15(13)22-2)24-17(18,19)20/h8-10,12,14H,3-7H2,1-2H3. The summed E-state index contributed by atoms with van der Waals surface area (Å²) in [4.78, 5) is 12.2. The van der Waals surface area contributed by atoms with Gasteiger partial charge in [0.2, 0.25) is 0 Å². The van der Waals surface area contributed by atoms with Gasteiger partial charge in [0.25, 0.3) is 0 Å². The molecule has 134 valence electrons. The van der Waals surface area contributed by atoms with Gasteiger partial charge in [-0.2, -0.15) is 0 Å². The van der Waals surface area contributed by atoms with Crippen LogP contribution in [-0.2, 0) is 9.53 Å². The van der Waals surface area contributed by atoms with E-state index in [2.05, 4.69) is 4.74 Å². The number of benzene rings is 1. The van der Waals surface area contributed by atoms with Crippen molar-refractivity contribution in [2.75, 3.05) is 13.7 Å². The fraction of sp³-hybridized carbons (Fsp3) is 0.588. The normalized spacial score (nSPS) is 21.2. The van der Waals surface area contributed by atoms with Gasteiger partial charge in [0, 0.05) is 12.0 Å². The number of hydrogen-bond acceptors (Lipinski definition) is 4. The van der Waals surface area contributed by atoms with E-state index in [-0.39, 0.29) is 29.3 Å². The van der Waals surface area contributed by atoms with Crippen LogP contribution >= 0.6 is 0 Å². The Balaban J connectivity index is 2.29. The fourth-order valence-corrected chi connectivity index (χ4v) is 3.23. The average molecular weight is 346 g/mol. The molecule has 1 aliphatic carbocycles. The van der Waals surface area contributed by atoms with Crippen LogP contribution in [0.5, 0.6) is 11.5 Å². The largest absolute Gasteiger partial charge is 0.573 e. The molecule has 1 aromatic rings. The van der Waals surface area contributed by atoms with Gasteiger partial charge in [0.1, 0.15) is 11.5 Å². The number of carbonyl (C=O) groups is 1. The first-order valence-corrected chi connectivity index (χ1v) is 7.96. The van der Waals surface area contributed by atoms with Gasteiger partial charge in [-0.1, -0.05) is 18.9 Å². The smallest absolute Gasteiger partial charge is 0.496 e. The average Bonchev–Trinajstić information content (AvgIpc) is 2.53. The van der Waals surface area contributed by atoms with Crippen molar-refractivity contribution in [3.05, 3.63) is 23.8 Å². The molecule has 0 N–H and O–H groups in total. The van der Waals surface area contributed by atoms with Crippen LogP contribution in [0.15, 0.2) is 18.2 Å². The van der Waals surface area contributed by atoms with Crippen LogP contribution in [-0.4, -0.2) is 26.0 Å². The fourth-order valence-electron chi connectivity index (χ4n) is 3.23. The third-order valence-electron chi connectivity index (χ3n) is 4.19. The Morgan fingerprint density at radius 2 is 1.96 bits per heavy atom. The van der Waals surface area contributed by atoms with E-state index in [1.165, 1.54) is 19.2 Å². The van der Waals surface area contributed by atoms with Gasteiger partial charge in [0.15, 0.2) is 0 Å². The molecule has 7 heteroatoms. The molecule has 0 heterocycles. The summed E-state index contributed by atoms with van der Waals surface area (Å²) in [6.45, 7) is 2.05. The highest BCUT2D eigenvalue weighted by Crippen LogP contribution is 2.43. The van der Waals surface area contributed by atoms with Crippen LogP contribution in [0.2, 0.25) is 0 Å². The maximum atomic E-state index is 12.4. The molecule has 2 rings (SSSR count). The highest BCUT2D eigenvalue weighted by Gasteiger charge is 2.35. The Bertz CT molecular complexity index is 571. The zero-order valence-corrected chi connectivity index (χ0v) is 13.7. The highest BCUT2D eigenvalue weighted by molar-refractivity contribution is 5.74. The van der Waals surface area contributed by atoms with E-state index in [9.17, 15) is 18.0 Å². The van der Waals surface area contributed by atoms with Crippen molar-refractivity contribution in [3.63, 3.8) is 0 Å². The van der Waals surface area contributed by atoms with Crippen LogP contribution in [0.3, 0.4) is 0 Å². The van der Waals surface area contributed by atoms with Gasteiger partial charge in [0.05, 0.1) is 19.6 Å². The predicted molar refractivity (Wildman–Crippen MR) is 81.0 cm³/mol. The highest BCUT2D eigenvalue weighted by atomic mass is 19.4. The third kappa shape index (κ3) is 4.55. The first-order valence-electron chi connectivity index (χ1n) is 7.96. The zero-order valence-electron chi connectivity index (χ0n) is 13.7. The van der Waals surface area contributed by atoms with Gasteiger partial charge >= 0.3 is 12.3 Å². The summed E-state index contributed by atoms with van der Waals surface area (Å²) in [5.41, 5.74) is 0.713. The van der Waals surface area contributed by atoms with E-state index >= 15 is 0 Å². The SMILES string of the molecule is CCOC(=O)C1CCCCC1c1ccc(OC(F)(F)F)cc1OC. The van der Waals surface area contributed by atoms with E-state index in [0.717, 1.165) is 19.3 Å². The Labute approximate surface area is 138 Å². The van der Waals surface area contributed by atoms with Crippen LogP contribution in [0, 0.1) is 5.92 Å². The molecule has 1 saturated carbocycles. The molecule has 24 heavy (non-hydrogen) atoms. The molecule has 0 aromatic heterocycles. The molecule has 0 amide bonds. The van der Waals surface area contributed by atoms with Crippen molar-refractivity contribution in [2.24, 2.45) is 5.92 Å². The third-order valence-corrected chi connectivity index (χ3v) is 4.19. The Hall–Kier alpha value is -1.92. The number of rotatable bonds is 5. The lowest BCUT2D eigenvalue weighted by Crippen LogP contribution is -2.28. The molecule has 0 saturated heterocycles. The van der Waals surface area contributed by atoms with Gasteiger partial charge in [-0.25, -0.2) is 0 Å². The first-order chi connectivity index (χ1) is 11.4. The molecule has 4 nitrogen and oxygen atoms in total. The molecule has 0 bridgehead atoms. The first kappa shape index (κ1) is 18.4. The summed E-state index contributed by atoms with van der Waals surface area (Å²) in [5, 5.41) is 0. The molecule has 1 fully saturated rings. The topological polar surface area (TPSA) is 44.8 Å². The Morgan fingerprint density at radius 3 is 2.58 bits per heavy atom. The quantitative estimate of drug-likeness (QED) is 0.740. The van der Waals surface area contributed by atoms with E-state index in [0.29, 0.717) is 18.6 Å². The van der Waals surface area contributed by atoms with Crippen molar-refractivity contribution in [1.29, 1.82) is 0 Å². The number of carbonyl (C=O) groups excluding carboxylic acids is 1. The van der Waals surface area contributed by atoms with Gasteiger partial charge < -0.3 is 14.2 Å². The van der Waals surface area contributed by atoms with Crippen molar-refractivity contribution >= 4 is 5.97 Å². The Kier molecular flexibility index (Phi) is 5.96. The second kappa shape index (κ2) is 7.77. The van der Waals surface area contributed by atoms with Crippen molar-refractivity contribution in [1.82, 2.24) is 0 Å². The van der Waals surface area contributed by atoms with Crippen LogP contribution < -0.4 is 9.47 Å². The van der Waals surface area contributed by atoms with Crippen molar-refractivity contribution in [2.45, 2.75) is 44.9 Å². The lowest BCUT2D eigenvalue weighted by molar-refractivity contribution is -0.274. The zero-order chi connectivity index (χ0) is 17.7. The number of hydrogen-bond donors (Lipinski definition) is 0. The Morgan fingerprint density at radius 1 is 1.25 bits per heavy atom. The lowest BCUT2D eigenvalue weighted by Gasteiger charge is -2.31. The van der Waals surface area contributed by atoms with Gasteiger partial charge in [-0.05, 0) is 31.4 Å². The summed E-state index contributed by atoms with van der Waals surface area (Å²) >= 11 is 0. The number of alkyl halides is 3. The van der Waals surface area contributed by atoms with Crippen molar-refractivity contribution < 1.29 is 32.2 Å².